The summed E-state index contributed by atoms with van der Waals surface area (Å²) in [5.41, 5.74) is 6.53. The van der Waals surface area contributed by atoms with Gasteiger partial charge in [0.25, 0.3) is 0 Å². The average molecular weight is 540 g/mol. The quantitative estimate of drug-likeness (QED) is 0.223. The molecule has 39 heavy (non-hydrogen) atoms. The van der Waals surface area contributed by atoms with Crippen molar-refractivity contribution in [2.24, 2.45) is 0 Å². The number of hydrogen-bond donors (Lipinski definition) is 1. The Balaban J connectivity index is 1.57. The topological polar surface area (TPSA) is 64.6 Å². The summed E-state index contributed by atoms with van der Waals surface area (Å²) < 4.78 is 12.1. The maximum absolute atomic E-state index is 13.4. The van der Waals surface area contributed by atoms with Gasteiger partial charge in [0.2, 0.25) is 5.91 Å². The first kappa shape index (κ1) is 26.7. The third-order valence-electron chi connectivity index (χ3n) is 7.00. The number of esters is 1. The molecule has 6 heteroatoms. The molecular formula is C33H33NO4S. The van der Waals surface area contributed by atoms with Gasteiger partial charge >= 0.3 is 5.97 Å². The number of thiophene rings is 1. The van der Waals surface area contributed by atoms with Crippen LogP contribution in [-0.4, -0.2) is 18.5 Å². The number of rotatable bonds is 9. The highest BCUT2D eigenvalue weighted by Gasteiger charge is 2.29. The number of fused-ring (bicyclic) bond motifs is 1. The van der Waals surface area contributed by atoms with Gasteiger partial charge in [-0.25, -0.2) is 4.79 Å². The molecule has 1 aliphatic carbocycles. The summed E-state index contributed by atoms with van der Waals surface area (Å²) in [6, 6.07) is 23.9. The Morgan fingerprint density at radius 3 is 2.31 bits per heavy atom. The van der Waals surface area contributed by atoms with E-state index in [9.17, 15) is 9.59 Å². The lowest BCUT2D eigenvalue weighted by molar-refractivity contribution is -0.115. The van der Waals surface area contributed by atoms with Gasteiger partial charge < -0.3 is 14.8 Å². The number of anilines is 1. The number of amides is 1. The van der Waals surface area contributed by atoms with Crippen molar-refractivity contribution in [2.75, 3.05) is 11.9 Å². The highest BCUT2D eigenvalue weighted by Crippen LogP contribution is 2.46. The van der Waals surface area contributed by atoms with E-state index in [2.05, 4.69) is 29.6 Å². The first-order chi connectivity index (χ1) is 19.0. The number of carbonyl (C=O) groups is 2. The van der Waals surface area contributed by atoms with Gasteiger partial charge in [-0.3, -0.25) is 4.79 Å². The molecule has 200 valence electrons. The summed E-state index contributed by atoms with van der Waals surface area (Å²) >= 11 is 1.40. The second-order valence-corrected chi connectivity index (χ2v) is 11.0. The molecule has 1 aliphatic rings. The maximum Gasteiger partial charge on any atom is 0.341 e. The smallest absolute Gasteiger partial charge is 0.341 e. The number of nitrogens with one attached hydrogen (secondary N) is 1. The molecule has 1 amide bonds. The van der Waals surface area contributed by atoms with Crippen LogP contribution in [0.3, 0.4) is 0 Å². The Kier molecular flexibility index (Phi) is 8.42. The molecule has 5 nitrogen and oxygen atoms in total. The number of carbonyl (C=O) groups excluding carboxylic acids is 2. The molecule has 0 fully saturated rings. The van der Waals surface area contributed by atoms with Crippen LogP contribution in [0.2, 0.25) is 0 Å². The van der Waals surface area contributed by atoms with Crippen molar-refractivity contribution >= 4 is 28.2 Å². The van der Waals surface area contributed by atoms with Gasteiger partial charge in [-0.05, 0) is 61.8 Å². The fraction of sp³-hybridized carbons (Fsp3) is 0.273. The number of aryl methyl sites for hydroxylation is 2. The van der Waals surface area contributed by atoms with Crippen LogP contribution in [-0.2, 0) is 35.4 Å². The molecule has 0 spiro atoms. The lowest BCUT2D eigenvalue weighted by Crippen LogP contribution is -2.16. The largest absolute Gasteiger partial charge is 0.488 e. The summed E-state index contributed by atoms with van der Waals surface area (Å²) in [6.07, 6.45) is 4.44. The molecule has 0 atom stereocenters. The van der Waals surface area contributed by atoms with Crippen molar-refractivity contribution in [3.05, 3.63) is 105 Å². The molecule has 0 radical (unpaired) electrons. The number of hydrogen-bond acceptors (Lipinski definition) is 5. The Hall–Kier alpha value is -3.90. The molecule has 1 heterocycles. The van der Waals surface area contributed by atoms with Crippen LogP contribution in [0.15, 0.2) is 72.8 Å². The zero-order valence-corrected chi connectivity index (χ0v) is 23.2. The molecule has 0 aliphatic heterocycles. The SMILES string of the molecule is CCOC(=O)c1c(NC(=O)Cc2ccccc2)sc(C)c1-c1ccc2c(c1OCc1ccccc1)CCCC2. The third kappa shape index (κ3) is 6.07. The fourth-order valence-corrected chi connectivity index (χ4v) is 6.27. The van der Waals surface area contributed by atoms with Crippen LogP contribution in [0.4, 0.5) is 5.00 Å². The van der Waals surface area contributed by atoms with E-state index in [1.807, 2.05) is 55.5 Å². The van der Waals surface area contributed by atoms with Gasteiger partial charge in [0, 0.05) is 16.0 Å². The van der Waals surface area contributed by atoms with E-state index in [4.69, 9.17) is 9.47 Å². The van der Waals surface area contributed by atoms with Crippen molar-refractivity contribution < 1.29 is 19.1 Å². The zero-order chi connectivity index (χ0) is 27.2. The van der Waals surface area contributed by atoms with Gasteiger partial charge in [0.15, 0.2) is 0 Å². The van der Waals surface area contributed by atoms with Crippen molar-refractivity contribution in [3.63, 3.8) is 0 Å². The molecule has 1 N–H and O–H groups in total. The minimum Gasteiger partial charge on any atom is -0.488 e. The average Bonchev–Trinajstić information content (AvgIpc) is 3.27. The lowest BCUT2D eigenvalue weighted by atomic mass is 9.87. The molecule has 3 aromatic carbocycles. The van der Waals surface area contributed by atoms with E-state index >= 15 is 0 Å². The van der Waals surface area contributed by atoms with Crippen LogP contribution in [0.5, 0.6) is 5.75 Å². The first-order valence-corrected chi connectivity index (χ1v) is 14.3. The molecule has 0 unspecified atom stereocenters. The van der Waals surface area contributed by atoms with E-state index in [1.54, 1.807) is 6.92 Å². The van der Waals surface area contributed by atoms with Crippen LogP contribution in [0, 0.1) is 6.92 Å². The Morgan fingerprint density at radius 1 is 0.897 bits per heavy atom. The minimum atomic E-state index is -0.446. The molecule has 0 bridgehead atoms. The maximum atomic E-state index is 13.4. The van der Waals surface area contributed by atoms with Gasteiger partial charge in [-0.1, -0.05) is 72.8 Å². The lowest BCUT2D eigenvalue weighted by Gasteiger charge is -2.23. The fourth-order valence-electron chi connectivity index (χ4n) is 5.19. The van der Waals surface area contributed by atoms with E-state index < -0.39 is 5.97 Å². The normalized spacial score (nSPS) is 12.5. The number of benzene rings is 3. The van der Waals surface area contributed by atoms with Crippen molar-refractivity contribution in [1.82, 2.24) is 0 Å². The third-order valence-corrected chi connectivity index (χ3v) is 8.02. The summed E-state index contributed by atoms with van der Waals surface area (Å²) in [5.74, 6) is 0.203. The van der Waals surface area contributed by atoms with E-state index in [1.165, 1.54) is 22.5 Å². The molecule has 4 aromatic rings. The predicted molar refractivity (Wildman–Crippen MR) is 157 cm³/mol. The minimum absolute atomic E-state index is 0.175. The summed E-state index contributed by atoms with van der Waals surface area (Å²) in [7, 11) is 0. The van der Waals surface area contributed by atoms with Crippen LogP contribution in [0.1, 0.15) is 57.3 Å². The Bertz CT molecular complexity index is 1460. The van der Waals surface area contributed by atoms with E-state index in [-0.39, 0.29) is 18.9 Å². The van der Waals surface area contributed by atoms with Crippen LogP contribution < -0.4 is 10.1 Å². The van der Waals surface area contributed by atoms with Crippen LogP contribution >= 0.6 is 11.3 Å². The summed E-state index contributed by atoms with van der Waals surface area (Å²) in [4.78, 5) is 27.3. The highest BCUT2D eigenvalue weighted by atomic mass is 32.1. The van der Waals surface area contributed by atoms with Crippen molar-refractivity contribution in [2.45, 2.75) is 52.6 Å². The Morgan fingerprint density at radius 2 is 1.59 bits per heavy atom. The van der Waals surface area contributed by atoms with Gasteiger partial charge in [-0.15, -0.1) is 11.3 Å². The monoisotopic (exact) mass is 539 g/mol. The second kappa shape index (κ2) is 12.3. The molecule has 1 aromatic heterocycles. The van der Waals surface area contributed by atoms with Crippen molar-refractivity contribution in [1.29, 1.82) is 0 Å². The van der Waals surface area contributed by atoms with Gasteiger partial charge in [-0.2, -0.15) is 0 Å². The van der Waals surface area contributed by atoms with E-state index in [0.717, 1.165) is 58.6 Å². The predicted octanol–water partition coefficient (Wildman–Crippen LogP) is 7.54. The highest BCUT2D eigenvalue weighted by molar-refractivity contribution is 7.17. The van der Waals surface area contributed by atoms with E-state index in [0.29, 0.717) is 17.2 Å². The summed E-state index contributed by atoms with van der Waals surface area (Å²) in [5, 5.41) is 3.51. The molecule has 5 rings (SSSR count). The van der Waals surface area contributed by atoms with Gasteiger partial charge in [0.05, 0.1) is 13.0 Å². The second-order valence-electron chi connectivity index (χ2n) is 9.73. The number of ether oxygens (including phenoxy) is 2. The molecule has 0 saturated carbocycles. The standard InChI is InChI=1S/C33H33NO4S/c1-3-37-33(36)30-29(22(2)39-32(30)34-28(35)20-23-12-6-4-7-13-23)27-19-18-25-16-10-11-17-26(25)31(27)38-21-24-14-8-5-9-15-24/h4-9,12-15,18-19H,3,10-11,16-17,20-21H2,1-2H3,(H,34,35). The Labute approximate surface area is 233 Å². The first-order valence-electron chi connectivity index (χ1n) is 13.5. The van der Waals surface area contributed by atoms with Crippen LogP contribution in [0.25, 0.3) is 11.1 Å². The summed E-state index contributed by atoms with van der Waals surface area (Å²) in [6.45, 7) is 4.45. The van der Waals surface area contributed by atoms with Crippen molar-refractivity contribution in [3.8, 4) is 16.9 Å². The zero-order valence-electron chi connectivity index (χ0n) is 22.4. The van der Waals surface area contributed by atoms with Gasteiger partial charge in [0.1, 0.15) is 22.9 Å². The molecule has 0 saturated heterocycles. The molecular weight excluding hydrogens is 506 g/mol.